The number of benzene rings is 1. The van der Waals surface area contributed by atoms with Crippen molar-refractivity contribution in [1.29, 1.82) is 0 Å². The summed E-state index contributed by atoms with van der Waals surface area (Å²) in [5.41, 5.74) is 1.66. The summed E-state index contributed by atoms with van der Waals surface area (Å²) in [6.45, 7) is 1.21. The molecule has 0 radical (unpaired) electrons. The third kappa shape index (κ3) is 3.79. The largest absolute Gasteiger partial charge is 0.353 e. The number of carbonyl (C=O) groups is 1. The van der Waals surface area contributed by atoms with E-state index in [-0.39, 0.29) is 17.4 Å². The highest BCUT2D eigenvalue weighted by atomic mass is 16.2. The van der Waals surface area contributed by atoms with Crippen LogP contribution >= 0.6 is 0 Å². The molecule has 2 aromatic rings. The predicted molar refractivity (Wildman–Crippen MR) is 100.0 cm³/mol. The van der Waals surface area contributed by atoms with Crippen molar-refractivity contribution >= 4 is 11.9 Å². The molecule has 2 heterocycles. The van der Waals surface area contributed by atoms with Gasteiger partial charge < -0.3 is 10.2 Å². The number of aromatic amines is 1. The average Bonchev–Trinajstić information content (AvgIpc) is 3.26. The lowest BCUT2D eigenvalue weighted by Crippen LogP contribution is -2.25. The maximum atomic E-state index is 12.4. The second kappa shape index (κ2) is 7.32. The first-order chi connectivity index (χ1) is 12.7. The topological polar surface area (TPSA) is 78.1 Å². The minimum Gasteiger partial charge on any atom is -0.353 e. The lowest BCUT2D eigenvalue weighted by atomic mass is 10.0. The molecule has 1 amide bonds. The second-order valence-electron chi connectivity index (χ2n) is 7.31. The van der Waals surface area contributed by atoms with Crippen LogP contribution in [0.5, 0.6) is 0 Å². The van der Waals surface area contributed by atoms with Gasteiger partial charge in [0.05, 0.1) is 5.69 Å². The molecule has 1 saturated carbocycles. The van der Waals surface area contributed by atoms with Crippen LogP contribution in [0.1, 0.15) is 49.3 Å². The van der Waals surface area contributed by atoms with Crippen molar-refractivity contribution in [2.75, 3.05) is 11.9 Å². The molecular formula is C20H24N4O2. The molecule has 6 nitrogen and oxygen atoms in total. The average molecular weight is 352 g/mol. The molecule has 2 N–H and O–H groups in total. The third-order valence-electron chi connectivity index (χ3n) is 5.31. The van der Waals surface area contributed by atoms with Crippen molar-refractivity contribution in [2.45, 2.75) is 50.6 Å². The number of nitrogens with one attached hydrogen (secondary N) is 2. The highest BCUT2D eigenvalue weighted by Crippen LogP contribution is 2.28. The Balaban J connectivity index is 1.48. The molecule has 1 saturated heterocycles. The molecule has 2 aliphatic rings. The van der Waals surface area contributed by atoms with E-state index in [1.54, 1.807) is 0 Å². The maximum absolute atomic E-state index is 12.4. The van der Waals surface area contributed by atoms with E-state index in [4.69, 9.17) is 0 Å². The Hall–Kier alpha value is -2.63. The smallest absolute Gasteiger partial charge is 0.252 e. The minimum atomic E-state index is -0.163. The van der Waals surface area contributed by atoms with Gasteiger partial charge in [-0.25, -0.2) is 4.98 Å². The number of carbonyl (C=O) groups excluding carboxylic acids is 1. The number of amides is 1. The number of hydrogen-bond donors (Lipinski definition) is 2. The van der Waals surface area contributed by atoms with Gasteiger partial charge in [0.2, 0.25) is 11.9 Å². The molecule has 0 unspecified atom stereocenters. The Bertz CT molecular complexity index is 827. The molecule has 26 heavy (non-hydrogen) atoms. The summed E-state index contributed by atoms with van der Waals surface area (Å²) in [4.78, 5) is 33.7. The maximum Gasteiger partial charge on any atom is 0.252 e. The van der Waals surface area contributed by atoms with Crippen LogP contribution in [0.4, 0.5) is 5.95 Å². The lowest BCUT2D eigenvalue weighted by Gasteiger charge is -2.17. The van der Waals surface area contributed by atoms with Crippen molar-refractivity contribution in [3.05, 3.63) is 58.0 Å². The highest BCUT2D eigenvalue weighted by Gasteiger charge is 2.32. The predicted octanol–water partition coefficient (Wildman–Crippen LogP) is 2.64. The Morgan fingerprint density at radius 2 is 1.92 bits per heavy atom. The van der Waals surface area contributed by atoms with Gasteiger partial charge in [0.15, 0.2) is 0 Å². The first kappa shape index (κ1) is 16.8. The summed E-state index contributed by atoms with van der Waals surface area (Å²) in [5.74, 6) is 0.622. The molecule has 2 fully saturated rings. The molecule has 1 aliphatic carbocycles. The van der Waals surface area contributed by atoms with Crippen LogP contribution in [-0.4, -0.2) is 33.4 Å². The van der Waals surface area contributed by atoms with E-state index in [9.17, 15) is 9.59 Å². The summed E-state index contributed by atoms with van der Waals surface area (Å²) in [5, 5.41) is 3.34. The molecule has 1 aromatic heterocycles. The van der Waals surface area contributed by atoms with Crippen molar-refractivity contribution in [2.24, 2.45) is 0 Å². The minimum absolute atomic E-state index is 0.0300. The number of anilines is 1. The normalized spacial score (nSPS) is 20.7. The molecule has 1 aliphatic heterocycles. The van der Waals surface area contributed by atoms with Gasteiger partial charge in [0.25, 0.3) is 5.56 Å². The van der Waals surface area contributed by atoms with Gasteiger partial charge in [-0.1, -0.05) is 43.2 Å². The van der Waals surface area contributed by atoms with Crippen LogP contribution in [0, 0.1) is 0 Å². The fourth-order valence-electron chi connectivity index (χ4n) is 3.94. The third-order valence-corrected chi connectivity index (χ3v) is 5.31. The van der Waals surface area contributed by atoms with Gasteiger partial charge in [-0.15, -0.1) is 0 Å². The zero-order valence-electron chi connectivity index (χ0n) is 14.8. The molecular weight excluding hydrogens is 328 g/mol. The van der Waals surface area contributed by atoms with Gasteiger partial charge in [-0.05, 0) is 18.4 Å². The van der Waals surface area contributed by atoms with E-state index in [0.29, 0.717) is 37.2 Å². The summed E-state index contributed by atoms with van der Waals surface area (Å²) < 4.78 is 0. The molecule has 1 aromatic carbocycles. The standard InChI is InChI=1S/C20H24N4O2/c25-18-11-17(22-20(23-18)21-16-8-4-5-9-16)15-10-19(26)24(13-15)12-14-6-2-1-3-7-14/h1-3,6-7,11,15-16H,4-5,8-10,12-13H2,(H2,21,22,23,25)/t15-/m0/s1. The first-order valence-electron chi connectivity index (χ1n) is 9.37. The van der Waals surface area contributed by atoms with Crippen molar-refractivity contribution in [1.82, 2.24) is 14.9 Å². The van der Waals surface area contributed by atoms with Gasteiger partial charge >= 0.3 is 0 Å². The Labute approximate surface area is 152 Å². The number of likely N-dealkylation sites (tertiary alicyclic amines) is 1. The van der Waals surface area contributed by atoms with Crippen LogP contribution < -0.4 is 10.9 Å². The fraction of sp³-hybridized carbons (Fsp3) is 0.450. The van der Waals surface area contributed by atoms with E-state index >= 15 is 0 Å². The number of nitrogens with zero attached hydrogens (tertiary/aromatic N) is 2. The van der Waals surface area contributed by atoms with E-state index in [1.165, 1.54) is 18.9 Å². The van der Waals surface area contributed by atoms with Crippen LogP contribution in [0.2, 0.25) is 0 Å². The van der Waals surface area contributed by atoms with Gasteiger partial charge in [-0.3, -0.25) is 14.6 Å². The zero-order valence-corrected chi connectivity index (χ0v) is 14.8. The van der Waals surface area contributed by atoms with E-state index in [2.05, 4.69) is 15.3 Å². The molecule has 4 rings (SSSR count). The SMILES string of the molecule is O=C1C[C@H](c2cc(=O)[nH]c(NC3CCCC3)n2)CN1Cc1ccccc1. The number of H-pyrrole nitrogens is 1. The number of rotatable bonds is 5. The van der Waals surface area contributed by atoms with Crippen LogP contribution in [-0.2, 0) is 11.3 Å². The zero-order chi connectivity index (χ0) is 17.9. The number of aromatic nitrogens is 2. The molecule has 1 atom stereocenters. The van der Waals surface area contributed by atoms with Crippen molar-refractivity contribution in [3.63, 3.8) is 0 Å². The monoisotopic (exact) mass is 352 g/mol. The van der Waals surface area contributed by atoms with Crippen LogP contribution in [0.3, 0.4) is 0 Å². The van der Waals surface area contributed by atoms with E-state index in [0.717, 1.165) is 18.4 Å². The van der Waals surface area contributed by atoms with Gasteiger partial charge in [0, 0.05) is 37.5 Å². The fourth-order valence-corrected chi connectivity index (χ4v) is 3.94. The molecule has 6 heteroatoms. The van der Waals surface area contributed by atoms with Crippen molar-refractivity contribution < 1.29 is 4.79 Å². The summed E-state index contributed by atoms with van der Waals surface area (Å²) >= 11 is 0. The Morgan fingerprint density at radius 1 is 1.15 bits per heavy atom. The van der Waals surface area contributed by atoms with Crippen molar-refractivity contribution in [3.8, 4) is 0 Å². The Kier molecular flexibility index (Phi) is 4.73. The summed E-state index contributed by atoms with van der Waals surface area (Å²) in [7, 11) is 0. The Morgan fingerprint density at radius 3 is 2.69 bits per heavy atom. The molecule has 0 spiro atoms. The lowest BCUT2D eigenvalue weighted by molar-refractivity contribution is -0.128. The van der Waals surface area contributed by atoms with E-state index < -0.39 is 0 Å². The van der Waals surface area contributed by atoms with E-state index in [1.807, 2.05) is 35.2 Å². The first-order valence-corrected chi connectivity index (χ1v) is 9.37. The summed E-state index contributed by atoms with van der Waals surface area (Å²) in [6, 6.07) is 11.9. The second-order valence-corrected chi connectivity index (χ2v) is 7.31. The molecule has 136 valence electrons. The summed E-state index contributed by atoms with van der Waals surface area (Å²) in [6.07, 6.45) is 5.06. The van der Waals surface area contributed by atoms with Crippen LogP contribution in [0.25, 0.3) is 0 Å². The number of hydrogen-bond acceptors (Lipinski definition) is 4. The quantitative estimate of drug-likeness (QED) is 0.867. The highest BCUT2D eigenvalue weighted by molar-refractivity contribution is 5.79. The van der Waals surface area contributed by atoms with Gasteiger partial charge in [-0.2, -0.15) is 0 Å². The molecule has 0 bridgehead atoms. The van der Waals surface area contributed by atoms with Gasteiger partial charge in [0.1, 0.15) is 0 Å². The van der Waals surface area contributed by atoms with Crippen LogP contribution in [0.15, 0.2) is 41.2 Å².